The zero-order valence-corrected chi connectivity index (χ0v) is 16.2. The molecule has 2 aliphatic carbocycles. The normalized spacial score (nSPS) is 28.7. The summed E-state index contributed by atoms with van der Waals surface area (Å²) in [6.45, 7) is 0.811. The van der Waals surface area contributed by atoms with Crippen molar-refractivity contribution in [2.45, 2.75) is 51.0 Å². The van der Waals surface area contributed by atoms with Gasteiger partial charge in [-0.15, -0.1) is 0 Å². The molecule has 1 heterocycles. The van der Waals surface area contributed by atoms with E-state index in [1.54, 1.807) is 24.3 Å². The van der Waals surface area contributed by atoms with Crippen molar-refractivity contribution in [1.29, 1.82) is 0 Å². The van der Waals surface area contributed by atoms with Crippen LogP contribution in [0.1, 0.15) is 44.9 Å². The topological polar surface area (TPSA) is 46.6 Å². The second kappa shape index (κ2) is 8.05. The van der Waals surface area contributed by atoms with E-state index in [1.807, 2.05) is 6.08 Å². The highest BCUT2D eigenvalue weighted by Gasteiger charge is 2.46. The summed E-state index contributed by atoms with van der Waals surface area (Å²) < 4.78 is 5.58. The number of fused-ring (bicyclic) bond motifs is 1. The third-order valence-electron chi connectivity index (χ3n) is 6.27. The number of benzene rings is 1. The summed E-state index contributed by atoms with van der Waals surface area (Å²) >= 11 is 5.99. The van der Waals surface area contributed by atoms with Gasteiger partial charge in [-0.05, 0) is 49.8 Å². The van der Waals surface area contributed by atoms with Gasteiger partial charge in [0, 0.05) is 17.6 Å². The molecule has 0 bridgehead atoms. The number of ether oxygens (including phenoxy) is 1. The molecule has 1 aromatic rings. The summed E-state index contributed by atoms with van der Waals surface area (Å²) in [5.74, 6) is -0.310. The van der Waals surface area contributed by atoms with Crippen LogP contribution in [0.4, 0.5) is 0 Å². The van der Waals surface area contributed by atoms with Crippen LogP contribution in [0.2, 0.25) is 5.02 Å². The Kier molecular flexibility index (Phi) is 5.53. The zero-order valence-electron chi connectivity index (χ0n) is 15.5. The highest BCUT2D eigenvalue weighted by Crippen LogP contribution is 2.40. The minimum Gasteiger partial charge on any atom is -0.426 e. The fourth-order valence-corrected chi connectivity index (χ4v) is 5.09. The Balaban J connectivity index is 1.51. The van der Waals surface area contributed by atoms with Crippen LogP contribution in [-0.2, 0) is 9.59 Å². The molecule has 5 heteroatoms. The van der Waals surface area contributed by atoms with Gasteiger partial charge in [0.2, 0.25) is 5.91 Å². The van der Waals surface area contributed by atoms with Crippen LogP contribution in [-0.4, -0.2) is 29.4 Å². The third kappa shape index (κ3) is 3.91. The lowest BCUT2D eigenvalue weighted by Crippen LogP contribution is -2.54. The maximum atomic E-state index is 13.3. The number of likely N-dealkylation sites (tertiary alicyclic amines) is 1. The van der Waals surface area contributed by atoms with Gasteiger partial charge in [0.15, 0.2) is 0 Å². The third-order valence-corrected chi connectivity index (χ3v) is 6.51. The average Bonchev–Trinajstić information content (AvgIpc) is 2.68. The second-order valence-electron chi connectivity index (χ2n) is 7.95. The smallest absolute Gasteiger partial charge is 0.315 e. The molecular formula is C22H26ClNO3. The van der Waals surface area contributed by atoms with E-state index < -0.39 is 5.92 Å². The molecule has 4 nitrogen and oxygen atoms in total. The van der Waals surface area contributed by atoms with E-state index in [9.17, 15) is 9.59 Å². The summed E-state index contributed by atoms with van der Waals surface area (Å²) in [6.07, 6.45) is 11.5. The van der Waals surface area contributed by atoms with Gasteiger partial charge in [0.1, 0.15) is 5.75 Å². The number of halogens is 1. The summed E-state index contributed by atoms with van der Waals surface area (Å²) in [6, 6.07) is 7.20. The number of carbonyl (C=O) groups excluding carboxylic acids is 2. The molecule has 3 aliphatic rings. The van der Waals surface area contributed by atoms with Crippen molar-refractivity contribution in [3.05, 3.63) is 41.4 Å². The molecule has 1 aromatic carbocycles. The number of carbonyl (C=O) groups is 2. The van der Waals surface area contributed by atoms with Crippen LogP contribution in [0.5, 0.6) is 5.75 Å². The maximum absolute atomic E-state index is 13.3. The minimum atomic E-state index is -0.419. The number of rotatable bonds is 3. The van der Waals surface area contributed by atoms with Gasteiger partial charge in [-0.1, -0.05) is 49.1 Å². The molecule has 2 fully saturated rings. The van der Waals surface area contributed by atoms with Crippen LogP contribution >= 0.6 is 11.6 Å². The zero-order chi connectivity index (χ0) is 18.8. The first-order chi connectivity index (χ1) is 13.1. The Bertz CT molecular complexity index is 741. The van der Waals surface area contributed by atoms with Crippen LogP contribution in [0, 0.1) is 17.8 Å². The van der Waals surface area contributed by atoms with Gasteiger partial charge in [0.25, 0.3) is 0 Å². The molecule has 1 saturated carbocycles. The molecule has 27 heavy (non-hydrogen) atoms. The van der Waals surface area contributed by atoms with E-state index in [4.69, 9.17) is 16.3 Å². The van der Waals surface area contributed by atoms with E-state index >= 15 is 0 Å². The minimum absolute atomic E-state index is 0.142. The SMILES string of the molecule is O=C(Oc1cccc(Cl)c1)C1CC=CC2CCN(C3CCCCC3)C(=O)C21. The molecule has 1 amide bonds. The van der Waals surface area contributed by atoms with Crippen molar-refractivity contribution in [1.82, 2.24) is 4.90 Å². The quantitative estimate of drug-likeness (QED) is 0.432. The van der Waals surface area contributed by atoms with Crippen molar-refractivity contribution in [3.63, 3.8) is 0 Å². The lowest BCUT2D eigenvalue weighted by atomic mass is 9.71. The van der Waals surface area contributed by atoms with Gasteiger partial charge in [0.05, 0.1) is 11.8 Å². The van der Waals surface area contributed by atoms with E-state index in [-0.39, 0.29) is 23.7 Å². The first-order valence-corrected chi connectivity index (χ1v) is 10.5. The fraction of sp³-hybridized carbons (Fsp3) is 0.545. The van der Waals surface area contributed by atoms with Crippen molar-refractivity contribution in [2.24, 2.45) is 17.8 Å². The highest BCUT2D eigenvalue weighted by molar-refractivity contribution is 6.30. The standard InChI is InChI=1S/C22H26ClNO3/c23-16-7-5-10-18(14-16)27-22(26)19-11-4-6-15-12-13-24(21(25)20(15)19)17-8-2-1-3-9-17/h4-7,10,14-15,17,19-20H,1-3,8-9,11-13H2. The number of nitrogens with zero attached hydrogens (tertiary/aromatic N) is 1. The largest absolute Gasteiger partial charge is 0.426 e. The average molecular weight is 388 g/mol. The van der Waals surface area contributed by atoms with Crippen LogP contribution in [0.15, 0.2) is 36.4 Å². The monoisotopic (exact) mass is 387 g/mol. The molecule has 3 atom stereocenters. The Morgan fingerprint density at radius 2 is 1.96 bits per heavy atom. The Morgan fingerprint density at radius 1 is 1.15 bits per heavy atom. The highest BCUT2D eigenvalue weighted by atomic mass is 35.5. The molecule has 0 aromatic heterocycles. The van der Waals surface area contributed by atoms with Crippen LogP contribution in [0.3, 0.4) is 0 Å². The summed E-state index contributed by atoms with van der Waals surface area (Å²) in [4.78, 5) is 28.3. The lowest BCUT2D eigenvalue weighted by Gasteiger charge is -2.45. The predicted octanol–water partition coefficient (Wildman–Crippen LogP) is 4.62. The van der Waals surface area contributed by atoms with Gasteiger partial charge in [-0.25, -0.2) is 0 Å². The summed E-state index contributed by atoms with van der Waals surface area (Å²) in [5.41, 5.74) is 0. The van der Waals surface area contributed by atoms with Gasteiger partial charge >= 0.3 is 5.97 Å². The Labute approximate surface area is 165 Å². The molecule has 3 unspecified atom stereocenters. The van der Waals surface area contributed by atoms with E-state index in [1.165, 1.54) is 19.3 Å². The predicted molar refractivity (Wildman–Crippen MR) is 105 cm³/mol. The van der Waals surface area contributed by atoms with E-state index in [0.717, 1.165) is 25.8 Å². The molecule has 0 radical (unpaired) electrons. The number of esters is 1. The molecule has 1 saturated heterocycles. The first kappa shape index (κ1) is 18.5. The van der Waals surface area contributed by atoms with Crippen molar-refractivity contribution in [3.8, 4) is 5.75 Å². The van der Waals surface area contributed by atoms with Gasteiger partial charge < -0.3 is 9.64 Å². The first-order valence-electron chi connectivity index (χ1n) is 10.1. The molecule has 144 valence electrons. The fourth-order valence-electron chi connectivity index (χ4n) is 4.91. The van der Waals surface area contributed by atoms with Crippen molar-refractivity contribution >= 4 is 23.5 Å². The molecular weight excluding hydrogens is 362 g/mol. The Hall–Kier alpha value is -1.81. The summed E-state index contributed by atoms with van der Waals surface area (Å²) in [5, 5.41) is 0.527. The molecule has 1 aliphatic heterocycles. The van der Waals surface area contributed by atoms with Crippen molar-refractivity contribution in [2.75, 3.05) is 6.54 Å². The van der Waals surface area contributed by atoms with Gasteiger partial charge in [-0.3, -0.25) is 9.59 Å². The second-order valence-corrected chi connectivity index (χ2v) is 8.39. The lowest BCUT2D eigenvalue weighted by molar-refractivity contribution is -0.155. The number of allylic oxidation sites excluding steroid dienone is 2. The number of amides is 1. The molecule has 0 spiro atoms. The number of hydrogen-bond acceptors (Lipinski definition) is 3. The molecule has 0 N–H and O–H groups in total. The van der Waals surface area contributed by atoms with Crippen LogP contribution in [0.25, 0.3) is 0 Å². The van der Waals surface area contributed by atoms with Crippen LogP contribution < -0.4 is 4.74 Å². The van der Waals surface area contributed by atoms with Crippen molar-refractivity contribution < 1.29 is 14.3 Å². The molecule has 4 rings (SSSR count). The van der Waals surface area contributed by atoms with E-state index in [0.29, 0.717) is 23.2 Å². The van der Waals surface area contributed by atoms with E-state index in [2.05, 4.69) is 11.0 Å². The summed E-state index contributed by atoms with van der Waals surface area (Å²) in [7, 11) is 0. The number of hydrogen-bond donors (Lipinski definition) is 0. The van der Waals surface area contributed by atoms with Gasteiger partial charge in [-0.2, -0.15) is 0 Å². The maximum Gasteiger partial charge on any atom is 0.315 e. The number of piperidine rings is 1. The Morgan fingerprint density at radius 3 is 2.74 bits per heavy atom.